The summed E-state index contributed by atoms with van der Waals surface area (Å²) in [6, 6.07) is 28.7. The van der Waals surface area contributed by atoms with E-state index in [0.29, 0.717) is 52.4 Å². The van der Waals surface area contributed by atoms with Gasteiger partial charge in [0.15, 0.2) is 0 Å². The van der Waals surface area contributed by atoms with Gasteiger partial charge in [0.05, 0.1) is 11.1 Å². The molecule has 4 amide bonds. The first-order valence-electron chi connectivity index (χ1n) is 14.8. The van der Waals surface area contributed by atoms with Crippen molar-refractivity contribution in [3.63, 3.8) is 0 Å². The number of benzene rings is 6. The van der Waals surface area contributed by atoms with Crippen LogP contribution in [-0.2, 0) is 6.42 Å². The maximum Gasteiger partial charge on any atom is 0.262 e. The number of carbonyl (C=O) groups is 4. The lowest BCUT2D eigenvalue weighted by atomic mass is 9.87. The van der Waals surface area contributed by atoms with Crippen LogP contribution >= 0.6 is 0 Å². The van der Waals surface area contributed by atoms with E-state index in [1.807, 2.05) is 78.9 Å². The molecule has 6 aromatic carbocycles. The lowest BCUT2D eigenvalue weighted by Gasteiger charge is -2.29. The number of rotatable bonds is 6. The number of amides is 4. The minimum absolute atomic E-state index is 0.179. The van der Waals surface area contributed by atoms with Crippen LogP contribution in [0.15, 0.2) is 91.0 Å². The van der Waals surface area contributed by atoms with Crippen LogP contribution in [0.3, 0.4) is 0 Å². The van der Waals surface area contributed by atoms with Crippen LogP contribution < -0.4 is 5.73 Å². The molecule has 0 atom stereocenters. The van der Waals surface area contributed by atoms with Crippen molar-refractivity contribution in [1.82, 2.24) is 9.80 Å². The Kier molecular flexibility index (Phi) is 5.86. The molecule has 2 N–H and O–H groups in total. The smallest absolute Gasteiger partial charge is 0.262 e. The average molecular weight is 578 g/mol. The lowest BCUT2D eigenvalue weighted by Crippen LogP contribution is -2.41. The summed E-state index contributed by atoms with van der Waals surface area (Å²) < 4.78 is 0. The van der Waals surface area contributed by atoms with Gasteiger partial charge in [0, 0.05) is 35.0 Å². The van der Waals surface area contributed by atoms with Crippen molar-refractivity contribution in [2.45, 2.75) is 12.8 Å². The van der Waals surface area contributed by atoms with Gasteiger partial charge in [0.1, 0.15) is 0 Å². The summed E-state index contributed by atoms with van der Waals surface area (Å²) in [7, 11) is 0. The zero-order valence-electron chi connectivity index (χ0n) is 23.8. The van der Waals surface area contributed by atoms with E-state index in [1.165, 1.54) is 9.80 Å². The van der Waals surface area contributed by atoms with E-state index in [9.17, 15) is 19.2 Å². The predicted octanol–water partition coefficient (Wildman–Crippen LogP) is 6.08. The van der Waals surface area contributed by atoms with Crippen LogP contribution in [0.1, 0.15) is 53.4 Å². The molecule has 0 aliphatic carbocycles. The van der Waals surface area contributed by atoms with Crippen molar-refractivity contribution in [2.75, 3.05) is 19.6 Å². The molecule has 7 nitrogen and oxygen atoms in total. The molecule has 0 unspecified atom stereocenters. The van der Waals surface area contributed by atoms with Gasteiger partial charge in [0.2, 0.25) is 0 Å². The van der Waals surface area contributed by atoms with Crippen LogP contribution in [0.25, 0.3) is 43.1 Å². The lowest BCUT2D eigenvalue weighted by molar-refractivity contribution is 0.0597. The number of fused-ring (bicyclic) bond motifs is 4. The summed E-state index contributed by atoms with van der Waals surface area (Å²) in [5.41, 5.74) is 8.71. The molecular formula is C37H27N3O4. The Labute approximate surface area is 252 Å². The third-order valence-corrected chi connectivity index (χ3v) is 9.06. The van der Waals surface area contributed by atoms with Crippen molar-refractivity contribution in [2.24, 2.45) is 5.73 Å². The third kappa shape index (κ3) is 3.66. The van der Waals surface area contributed by atoms with Gasteiger partial charge >= 0.3 is 0 Å². The molecule has 214 valence electrons. The molecule has 44 heavy (non-hydrogen) atoms. The summed E-state index contributed by atoms with van der Waals surface area (Å²) >= 11 is 0. The van der Waals surface area contributed by atoms with Crippen molar-refractivity contribution in [3.8, 4) is 0 Å². The van der Waals surface area contributed by atoms with Gasteiger partial charge in [-0.15, -0.1) is 0 Å². The zero-order chi connectivity index (χ0) is 30.1. The highest BCUT2D eigenvalue weighted by Crippen LogP contribution is 2.38. The minimum Gasteiger partial charge on any atom is -0.330 e. The SMILES string of the molecule is NCCCN1C(=O)c2cccc3cc4c(CCN5C(=O)c6cccc7cc8ccccc8c(c67)C5=O)cccc4c(c23)C1=O. The average Bonchev–Trinajstić information content (AvgIpc) is 3.04. The van der Waals surface area contributed by atoms with Gasteiger partial charge in [-0.1, -0.05) is 66.7 Å². The van der Waals surface area contributed by atoms with Crippen LogP contribution in [-0.4, -0.2) is 53.1 Å². The number of hydrogen-bond acceptors (Lipinski definition) is 5. The molecule has 0 saturated carbocycles. The fraction of sp³-hybridized carbons (Fsp3) is 0.135. The highest BCUT2D eigenvalue weighted by Gasteiger charge is 2.36. The second kappa shape index (κ2) is 9.82. The van der Waals surface area contributed by atoms with Crippen molar-refractivity contribution in [1.29, 1.82) is 0 Å². The molecule has 7 heteroatoms. The van der Waals surface area contributed by atoms with Crippen LogP contribution in [0.4, 0.5) is 0 Å². The molecular weight excluding hydrogens is 550 g/mol. The number of imide groups is 2. The number of nitrogens with two attached hydrogens (primary N) is 1. The maximum atomic E-state index is 14.0. The molecule has 8 rings (SSSR count). The summed E-state index contributed by atoms with van der Waals surface area (Å²) in [6.07, 6.45) is 0.919. The fourth-order valence-electron chi connectivity index (χ4n) is 7.04. The van der Waals surface area contributed by atoms with Gasteiger partial charge in [-0.25, -0.2) is 0 Å². The van der Waals surface area contributed by atoms with Crippen molar-refractivity contribution >= 4 is 66.7 Å². The van der Waals surface area contributed by atoms with Gasteiger partial charge in [-0.2, -0.15) is 0 Å². The Morgan fingerprint density at radius 2 is 1.09 bits per heavy atom. The fourth-order valence-corrected chi connectivity index (χ4v) is 7.04. The molecule has 6 aromatic rings. The quantitative estimate of drug-likeness (QED) is 0.191. The summed E-state index contributed by atoms with van der Waals surface area (Å²) in [4.78, 5) is 57.6. The van der Waals surface area contributed by atoms with Gasteiger partial charge in [-0.3, -0.25) is 29.0 Å². The first-order valence-corrected chi connectivity index (χ1v) is 14.8. The van der Waals surface area contributed by atoms with E-state index in [1.54, 1.807) is 12.1 Å². The maximum absolute atomic E-state index is 14.0. The second-order valence-electron chi connectivity index (χ2n) is 11.5. The first kappa shape index (κ1) is 26.2. The Bertz CT molecular complexity index is 2270. The number of nitrogens with zero attached hydrogens (tertiary/aromatic N) is 2. The van der Waals surface area contributed by atoms with E-state index < -0.39 is 0 Å². The highest BCUT2D eigenvalue weighted by molar-refractivity contribution is 6.31. The summed E-state index contributed by atoms with van der Waals surface area (Å²) in [5, 5.41) is 6.42. The van der Waals surface area contributed by atoms with E-state index in [4.69, 9.17) is 5.73 Å². The topological polar surface area (TPSA) is 101 Å². The van der Waals surface area contributed by atoms with Crippen LogP contribution in [0.5, 0.6) is 0 Å². The van der Waals surface area contributed by atoms with E-state index in [2.05, 4.69) is 0 Å². The van der Waals surface area contributed by atoms with Gasteiger partial charge in [0.25, 0.3) is 23.6 Å². The predicted molar refractivity (Wildman–Crippen MR) is 171 cm³/mol. The highest BCUT2D eigenvalue weighted by atomic mass is 16.2. The number of hydrogen-bond donors (Lipinski definition) is 1. The first-order chi connectivity index (χ1) is 21.5. The monoisotopic (exact) mass is 577 g/mol. The summed E-state index contributed by atoms with van der Waals surface area (Å²) in [5.74, 6) is -1.24. The Balaban J connectivity index is 1.22. The molecule has 0 spiro atoms. The van der Waals surface area contributed by atoms with Crippen LogP contribution in [0.2, 0.25) is 0 Å². The number of carbonyl (C=O) groups excluding carboxylic acids is 4. The normalized spacial score (nSPS) is 14.6. The van der Waals surface area contributed by atoms with E-state index in [-0.39, 0.29) is 36.7 Å². The minimum atomic E-state index is -0.326. The molecule has 0 radical (unpaired) electrons. The largest absolute Gasteiger partial charge is 0.330 e. The third-order valence-electron chi connectivity index (χ3n) is 9.06. The van der Waals surface area contributed by atoms with Crippen molar-refractivity contribution < 1.29 is 19.2 Å². The second-order valence-corrected chi connectivity index (χ2v) is 11.5. The van der Waals surface area contributed by atoms with Crippen LogP contribution in [0, 0.1) is 0 Å². The standard InChI is InChI=1S/C37H27N3O4/c38-16-6-17-39-34(41)28-14-5-10-24-20-29-21(8-3-12-26(29)33(31(24)28)37(39)44)15-18-40-35(42)27-13-4-9-23-19-22-7-1-2-11-25(22)32(30(23)27)36(40)43/h1-5,7-14,19-20H,6,15-18,38H2. The molecule has 0 aromatic heterocycles. The Morgan fingerprint density at radius 1 is 0.523 bits per heavy atom. The molecule has 0 bridgehead atoms. The zero-order valence-corrected chi connectivity index (χ0v) is 23.8. The van der Waals surface area contributed by atoms with Gasteiger partial charge in [-0.05, 0) is 81.5 Å². The summed E-state index contributed by atoms with van der Waals surface area (Å²) in [6.45, 7) is 0.803. The van der Waals surface area contributed by atoms with Gasteiger partial charge < -0.3 is 5.73 Å². The molecule has 2 heterocycles. The molecule has 0 saturated heterocycles. The van der Waals surface area contributed by atoms with Crippen molar-refractivity contribution in [3.05, 3.63) is 119 Å². The Morgan fingerprint density at radius 3 is 1.80 bits per heavy atom. The molecule has 2 aliphatic rings. The molecule has 0 fully saturated rings. The Hall–Kier alpha value is -5.40. The van der Waals surface area contributed by atoms with E-state index >= 15 is 0 Å². The molecule has 2 aliphatic heterocycles. The van der Waals surface area contributed by atoms with E-state index in [0.717, 1.165) is 37.9 Å².